The first kappa shape index (κ1) is 39.0. The number of fused-ring (bicyclic) bond motifs is 4. The highest BCUT2D eigenvalue weighted by Gasteiger charge is 2.56. The number of nitrogens with zero attached hydrogens (tertiary/aromatic N) is 4. The van der Waals surface area contributed by atoms with Crippen LogP contribution in [0.15, 0.2) is 36.7 Å². The molecule has 4 amide bonds. The Bertz CT molecular complexity index is 1970. The van der Waals surface area contributed by atoms with Gasteiger partial charge in [-0.1, -0.05) is 45.0 Å². The number of imidazole rings is 2. The number of amides is 4. The van der Waals surface area contributed by atoms with Gasteiger partial charge in [0.15, 0.2) is 0 Å². The van der Waals surface area contributed by atoms with Gasteiger partial charge in [-0.05, 0) is 106 Å². The Balaban J connectivity index is 0.926. The van der Waals surface area contributed by atoms with Crippen LogP contribution in [0, 0.1) is 11.8 Å². The van der Waals surface area contributed by atoms with Crippen molar-refractivity contribution in [2.45, 2.75) is 145 Å². The number of piperidine rings is 1. The molecular weight excluding hydrogens is 725 g/mol. The maximum atomic E-state index is 13.8. The Hall–Kier alpha value is -4.88. The van der Waals surface area contributed by atoms with Crippen molar-refractivity contribution >= 4 is 24.0 Å². The first-order valence-electron chi connectivity index (χ1n) is 21.0. The number of nitrogens with one attached hydrogen (secondary N) is 4. The predicted octanol–water partition coefficient (Wildman–Crippen LogP) is 6.57. The van der Waals surface area contributed by atoms with Crippen molar-refractivity contribution in [2.75, 3.05) is 14.2 Å². The van der Waals surface area contributed by atoms with E-state index in [1.807, 2.05) is 36.0 Å². The smallest absolute Gasteiger partial charge is 0.407 e. The van der Waals surface area contributed by atoms with Crippen molar-refractivity contribution in [2.24, 2.45) is 11.8 Å². The molecule has 0 radical (unpaired) electrons. The van der Waals surface area contributed by atoms with Gasteiger partial charge in [-0.3, -0.25) is 9.59 Å². The van der Waals surface area contributed by atoms with Crippen LogP contribution in [0.5, 0.6) is 0 Å². The number of carbonyl (C=O) groups is 4. The summed E-state index contributed by atoms with van der Waals surface area (Å²) in [6.45, 7) is 8.05. The molecule has 4 saturated carbocycles. The fraction of sp³-hybridized carbons (Fsp3) is 0.628. The van der Waals surface area contributed by atoms with Crippen LogP contribution in [0.1, 0.15) is 133 Å². The molecule has 14 heteroatoms. The molecule has 9 rings (SSSR count). The lowest BCUT2D eigenvalue weighted by molar-refractivity contribution is -0.137. The molecule has 6 aliphatic rings. The molecule has 57 heavy (non-hydrogen) atoms. The highest BCUT2D eigenvalue weighted by molar-refractivity contribution is 5.87. The monoisotopic (exact) mass is 782 g/mol. The van der Waals surface area contributed by atoms with Gasteiger partial charge in [0.2, 0.25) is 11.8 Å². The van der Waals surface area contributed by atoms with Crippen LogP contribution >= 0.6 is 0 Å². The van der Waals surface area contributed by atoms with Gasteiger partial charge in [-0.25, -0.2) is 19.6 Å². The van der Waals surface area contributed by atoms with Gasteiger partial charge in [0.1, 0.15) is 23.7 Å². The Morgan fingerprint density at radius 2 is 1.30 bits per heavy atom. The molecule has 4 N–H and O–H groups in total. The quantitative estimate of drug-likeness (QED) is 0.169. The Morgan fingerprint density at radius 3 is 1.89 bits per heavy atom. The first-order chi connectivity index (χ1) is 27.4. The molecule has 0 unspecified atom stereocenters. The zero-order valence-electron chi connectivity index (χ0n) is 34.1. The van der Waals surface area contributed by atoms with E-state index >= 15 is 0 Å². The molecule has 1 aromatic carbocycles. The van der Waals surface area contributed by atoms with Crippen LogP contribution in [-0.2, 0) is 29.9 Å². The summed E-state index contributed by atoms with van der Waals surface area (Å²) >= 11 is 0. The van der Waals surface area contributed by atoms with Gasteiger partial charge in [0.05, 0.1) is 38.2 Å². The van der Waals surface area contributed by atoms with E-state index in [-0.39, 0.29) is 46.8 Å². The van der Waals surface area contributed by atoms with Crippen LogP contribution in [0.25, 0.3) is 11.3 Å². The maximum absolute atomic E-state index is 13.8. The van der Waals surface area contributed by atoms with Gasteiger partial charge < -0.3 is 39.9 Å². The van der Waals surface area contributed by atoms with Crippen LogP contribution in [0.3, 0.4) is 0 Å². The largest absolute Gasteiger partial charge is 0.453 e. The average Bonchev–Trinajstić information content (AvgIpc) is 3.68. The third kappa shape index (κ3) is 6.86. The number of benzene rings is 1. The lowest BCUT2D eigenvalue weighted by Gasteiger charge is -2.53. The topological polar surface area (TPSA) is 175 Å². The van der Waals surface area contributed by atoms with Crippen LogP contribution in [0.4, 0.5) is 9.59 Å². The van der Waals surface area contributed by atoms with Crippen molar-refractivity contribution < 1.29 is 28.7 Å². The highest BCUT2D eigenvalue weighted by atomic mass is 16.5. The zero-order chi connectivity index (χ0) is 40.2. The summed E-state index contributed by atoms with van der Waals surface area (Å²) < 4.78 is 9.56. The number of likely N-dealkylation sites (tertiary alicyclic amines) is 2. The second-order valence-electron chi connectivity index (χ2n) is 17.5. The van der Waals surface area contributed by atoms with Gasteiger partial charge in [-0.2, -0.15) is 0 Å². The standard InChI is InChI=1S/C43H58N8O6/c1-7-29(47-40(54)56-5)38(52)50-25(4)24(3)19-33(50)37-45-23-35(49-37)43-16-13-42(14-17-43,15-18-43)28-11-9-26(10-12-28)31-22-44-36(46-31)34-21-27-20-32(27)51(34)39(53)30(8-2)48-41(55)57-6/h9-12,22-25,27,29-30,32-34H,7-8,13-21H2,1-6H3,(H,44,46)(H,45,49)(H,47,54)(H,48,55)/t24-,25-,27-,29+,30+,32-,33+,34+,42?,43?/m1/s1. The molecule has 0 spiro atoms. The van der Waals surface area contributed by atoms with Crippen LogP contribution in [-0.4, -0.2) is 92.1 Å². The summed E-state index contributed by atoms with van der Waals surface area (Å²) in [4.78, 5) is 72.3. The van der Waals surface area contributed by atoms with E-state index in [1.165, 1.54) is 25.5 Å². The molecule has 6 fully saturated rings. The van der Waals surface area contributed by atoms with Crippen molar-refractivity contribution in [3.05, 3.63) is 59.6 Å². The minimum absolute atomic E-state index is 0.0186. The van der Waals surface area contributed by atoms with E-state index in [2.05, 4.69) is 58.7 Å². The van der Waals surface area contributed by atoms with E-state index in [4.69, 9.17) is 19.4 Å². The first-order valence-corrected chi connectivity index (χ1v) is 21.0. The second-order valence-corrected chi connectivity index (χ2v) is 17.5. The number of methoxy groups -OCH3 is 2. The van der Waals surface area contributed by atoms with Gasteiger partial charge in [0, 0.05) is 29.4 Å². The summed E-state index contributed by atoms with van der Waals surface area (Å²) in [6.07, 6.45) is 12.9. The van der Waals surface area contributed by atoms with Crippen LogP contribution in [0.2, 0.25) is 0 Å². The van der Waals surface area contributed by atoms with Crippen molar-refractivity contribution in [3.8, 4) is 11.3 Å². The van der Waals surface area contributed by atoms with Crippen molar-refractivity contribution in [1.29, 1.82) is 0 Å². The highest BCUT2D eigenvalue weighted by Crippen LogP contribution is 2.59. The summed E-state index contributed by atoms with van der Waals surface area (Å²) in [6, 6.07) is 7.58. The van der Waals surface area contributed by atoms with Gasteiger partial charge >= 0.3 is 12.2 Å². The number of hydrogen-bond donors (Lipinski definition) is 4. The van der Waals surface area contributed by atoms with E-state index in [1.54, 1.807) is 0 Å². The third-order valence-corrected chi connectivity index (χ3v) is 14.6. The average molecular weight is 783 g/mol. The van der Waals surface area contributed by atoms with Crippen molar-refractivity contribution in [3.63, 3.8) is 0 Å². The molecule has 14 nitrogen and oxygen atoms in total. The molecule has 2 saturated heterocycles. The van der Waals surface area contributed by atoms with E-state index in [0.29, 0.717) is 24.7 Å². The molecule has 2 bridgehead atoms. The maximum Gasteiger partial charge on any atom is 0.407 e. The number of aromatic nitrogens is 4. The lowest BCUT2D eigenvalue weighted by Crippen LogP contribution is -2.50. The van der Waals surface area contributed by atoms with E-state index in [0.717, 1.165) is 80.7 Å². The fourth-order valence-electron chi connectivity index (χ4n) is 10.7. The predicted molar refractivity (Wildman–Crippen MR) is 212 cm³/mol. The molecule has 306 valence electrons. The number of rotatable bonds is 11. The lowest BCUT2D eigenvalue weighted by atomic mass is 9.51. The number of hydrogen-bond acceptors (Lipinski definition) is 8. The van der Waals surface area contributed by atoms with Gasteiger partial charge in [0.25, 0.3) is 0 Å². The molecule has 8 atom stereocenters. The molecule has 2 aromatic heterocycles. The number of alkyl carbamates (subject to hydrolysis) is 2. The van der Waals surface area contributed by atoms with E-state index in [9.17, 15) is 19.2 Å². The normalized spacial score (nSPS) is 31.1. The SMILES string of the molecule is CC[C@H](NC(=O)OC)C(=O)N1[C@H](C)[C@H](C)C[C@H]1c1ncc(C23CCC(c4ccc(-c5cnc([C@@H]6C[C@H]7C[C@H]7N6C(=O)[C@H](CC)NC(=O)OC)[nH]5)cc4)(CC2)CC3)[nH]1. The molecule has 2 aliphatic heterocycles. The number of H-pyrrole nitrogens is 2. The minimum atomic E-state index is -0.653. The Morgan fingerprint density at radius 1 is 0.754 bits per heavy atom. The van der Waals surface area contributed by atoms with Gasteiger partial charge in [-0.15, -0.1) is 0 Å². The Kier molecular flexibility index (Phi) is 10.3. The molecule has 4 heterocycles. The second kappa shape index (κ2) is 15.1. The summed E-state index contributed by atoms with van der Waals surface area (Å²) in [5, 5.41) is 5.43. The summed E-state index contributed by atoms with van der Waals surface area (Å²) in [5.41, 5.74) is 4.75. The number of carbonyl (C=O) groups excluding carboxylic acids is 4. The fourth-order valence-corrected chi connectivity index (χ4v) is 10.7. The third-order valence-electron chi connectivity index (χ3n) is 14.6. The minimum Gasteiger partial charge on any atom is -0.453 e. The van der Waals surface area contributed by atoms with Crippen molar-refractivity contribution in [1.82, 2.24) is 40.4 Å². The van der Waals surface area contributed by atoms with E-state index < -0.39 is 24.3 Å². The van der Waals surface area contributed by atoms with Crippen LogP contribution < -0.4 is 10.6 Å². The summed E-state index contributed by atoms with van der Waals surface area (Å²) in [5.74, 6) is 2.21. The Labute approximate surface area is 334 Å². The number of ether oxygens (including phenoxy) is 2. The molecule has 4 aliphatic carbocycles. The number of aromatic amines is 2. The summed E-state index contributed by atoms with van der Waals surface area (Å²) in [7, 11) is 2.62. The molecular formula is C43H58N8O6. The zero-order valence-corrected chi connectivity index (χ0v) is 34.1. The molecule has 3 aromatic rings.